The summed E-state index contributed by atoms with van der Waals surface area (Å²) in [4.78, 5) is 0. The van der Waals surface area contributed by atoms with Crippen LogP contribution in [0.15, 0.2) is 17.4 Å². The largest absolute Gasteiger partial charge is 0.126 e. The Labute approximate surface area is 73.9 Å². The van der Waals surface area contributed by atoms with E-state index in [4.69, 9.17) is 11.6 Å². The van der Waals surface area contributed by atoms with E-state index in [1.165, 1.54) is 5.57 Å². The average molecular weight is 171 g/mol. The van der Waals surface area contributed by atoms with Crippen molar-refractivity contribution in [2.75, 3.05) is 5.88 Å². The lowest BCUT2D eigenvalue weighted by molar-refractivity contribution is 0.191. The second kappa shape index (κ2) is 3.05. The molecule has 1 atom stereocenters. The second-order valence-electron chi connectivity index (χ2n) is 3.69. The highest BCUT2D eigenvalue weighted by molar-refractivity contribution is 6.18. The molecule has 0 nitrogen and oxygen atoms in total. The van der Waals surface area contributed by atoms with Crippen LogP contribution in [-0.2, 0) is 0 Å². The van der Waals surface area contributed by atoms with Gasteiger partial charge in [0.1, 0.15) is 0 Å². The normalized spacial score (nSPS) is 27.3. The number of halogens is 1. The molecule has 0 aromatic heterocycles. The molecule has 1 fully saturated rings. The maximum atomic E-state index is 5.80. The van der Waals surface area contributed by atoms with Gasteiger partial charge in [-0.2, -0.15) is 0 Å². The Hall–Kier alpha value is -0.190. The smallest absolute Gasteiger partial charge is 0.0263 e. The Balaban J connectivity index is 2.76. The highest BCUT2D eigenvalue weighted by atomic mass is 35.5. The van der Waals surface area contributed by atoms with E-state index in [1.54, 1.807) is 0 Å². The monoisotopic (exact) mass is 170 g/mol. The van der Waals surface area contributed by atoms with E-state index in [2.05, 4.69) is 19.6 Å². The van der Waals surface area contributed by atoms with Gasteiger partial charge >= 0.3 is 0 Å². The summed E-state index contributed by atoms with van der Waals surface area (Å²) in [6.45, 7) is 6.50. The van der Waals surface area contributed by atoms with Gasteiger partial charge in [-0.25, -0.2) is 0 Å². The molecule has 0 radical (unpaired) electrons. The van der Waals surface area contributed by atoms with E-state index in [9.17, 15) is 0 Å². The van der Waals surface area contributed by atoms with Gasteiger partial charge in [0.15, 0.2) is 0 Å². The van der Waals surface area contributed by atoms with Crippen molar-refractivity contribution in [3.63, 3.8) is 0 Å². The van der Waals surface area contributed by atoms with Crippen LogP contribution < -0.4 is 0 Å². The van der Waals surface area contributed by atoms with Gasteiger partial charge in [-0.3, -0.25) is 0 Å². The van der Waals surface area contributed by atoms with Crippen LogP contribution in [0.3, 0.4) is 0 Å². The molecule has 0 aromatic carbocycles. The first kappa shape index (κ1) is 8.90. The minimum atomic E-state index is 0.300. The quantitative estimate of drug-likeness (QED) is 0.418. The van der Waals surface area contributed by atoms with Gasteiger partial charge in [0.25, 0.3) is 0 Å². The van der Waals surface area contributed by atoms with E-state index in [0.717, 1.165) is 12.3 Å². The molecular formula is C10H15Cl. The van der Waals surface area contributed by atoms with Crippen molar-refractivity contribution in [1.82, 2.24) is 0 Å². The van der Waals surface area contributed by atoms with Gasteiger partial charge in [0, 0.05) is 5.88 Å². The van der Waals surface area contributed by atoms with Crippen molar-refractivity contribution in [2.45, 2.75) is 27.2 Å². The molecule has 11 heavy (non-hydrogen) atoms. The third-order valence-electron chi connectivity index (χ3n) is 2.75. The predicted molar refractivity (Wildman–Crippen MR) is 49.9 cm³/mol. The Morgan fingerprint density at radius 1 is 1.73 bits per heavy atom. The summed E-state index contributed by atoms with van der Waals surface area (Å²) in [7, 11) is 0. The Kier molecular flexibility index (Phi) is 2.47. The maximum Gasteiger partial charge on any atom is 0.0263 e. The van der Waals surface area contributed by atoms with Crippen LogP contribution in [0, 0.1) is 11.3 Å². The fraction of sp³-hybridized carbons (Fsp3) is 0.700. The van der Waals surface area contributed by atoms with Crippen LogP contribution in [0.25, 0.3) is 0 Å². The molecule has 0 saturated heterocycles. The molecule has 1 aliphatic carbocycles. The average Bonchev–Trinajstić information content (AvgIpc) is 1.97. The molecule has 0 aromatic rings. The van der Waals surface area contributed by atoms with E-state index in [1.807, 2.05) is 13.0 Å². The molecule has 1 aliphatic rings. The van der Waals surface area contributed by atoms with E-state index >= 15 is 0 Å². The van der Waals surface area contributed by atoms with Crippen LogP contribution >= 0.6 is 11.6 Å². The lowest BCUT2D eigenvalue weighted by Crippen LogP contribution is -2.38. The highest BCUT2D eigenvalue weighted by Gasteiger charge is 2.42. The number of hydrogen-bond donors (Lipinski definition) is 0. The summed E-state index contributed by atoms with van der Waals surface area (Å²) in [6.07, 6.45) is 3.13. The third-order valence-corrected chi connectivity index (χ3v) is 3.13. The maximum absolute atomic E-state index is 5.80. The zero-order chi connectivity index (χ0) is 8.48. The fourth-order valence-corrected chi connectivity index (χ4v) is 2.04. The first-order valence-electron chi connectivity index (χ1n) is 4.09. The molecule has 62 valence electrons. The lowest BCUT2D eigenvalue weighted by Gasteiger charge is -2.45. The van der Waals surface area contributed by atoms with Crippen LogP contribution in [-0.4, -0.2) is 5.88 Å². The lowest BCUT2D eigenvalue weighted by atomic mass is 9.60. The van der Waals surface area contributed by atoms with Gasteiger partial charge in [-0.1, -0.05) is 13.8 Å². The predicted octanol–water partition coefficient (Wildman–Crippen LogP) is 3.37. The fourth-order valence-electron chi connectivity index (χ4n) is 1.55. The topological polar surface area (TPSA) is 0 Å². The van der Waals surface area contributed by atoms with Crippen LogP contribution in [0.4, 0.5) is 0 Å². The molecule has 0 heterocycles. The van der Waals surface area contributed by atoms with E-state index in [0.29, 0.717) is 11.3 Å². The van der Waals surface area contributed by atoms with Crippen molar-refractivity contribution >= 4 is 11.6 Å². The first-order chi connectivity index (χ1) is 5.12. The van der Waals surface area contributed by atoms with Crippen molar-refractivity contribution in [2.24, 2.45) is 11.3 Å². The van der Waals surface area contributed by atoms with Gasteiger partial charge < -0.3 is 0 Å². The zero-order valence-electron chi connectivity index (χ0n) is 7.45. The molecule has 0 bridgehead atoms. The minimum Gasteiger partial charge on any atom is -0.126 e. The molecule has 1 rings (SSSR count). The second-order valence-corrected chi connectivity index (χ2v) is 4.00. The van der Waals surface area contributed by atoms with Crippen LogP contribution in [0.5, 0.6) is 0 Å². The van der Waals surface area contributed by atoms with E-state index in [-0.39, 0.29) is 0 Å². The molecular weight excluding hydrogens is 156 g/mol. The van der Waals surface area contributed by atoms with Gasteiger partial charge in [0.2, 0.25) is 0 Å². The Morgan fingerprint density at radius 3 is 2.73 bits per heavy atom. The molecule has 0 N–H and O–H groups in total. The van der Waals surface area contributed by atoms with Crippen molar-refractivity contribution in [3.8, 4) is 0 Å². The number of rotatable bonds is 1. The molecule has 1 saturated carbocycles. The molecule has 1 unspecified atom stereocenters. The summed E-state index contributed by atoms with van der Waals surface area (Å²) in [5.74, 6) is 1.44. The van der Waals surface area contributed by atoms with Gasteiger partial charge in [-0.05, 0) is 36.3 Å². The van der Waals surface area contributed by atoms with Crippen LogP contribution in [0.2, 0.25) is 0 Å². The molecule has 1 heteroatoms. The van der Waals surface area contributed by atoms with Crippen LogP contribution in [0.1, 0.15) is 27.2 Å². The standard InChI is InChI=1S/C10H15Cl/c1-4-5-8-6-9(7-11)10(8,2)3/h4,9H,6-7H2,1-3H3. The summed E-state index contributed by atoms with van der Waals surface area (Å²) in [6, 6.07) is 0. The van der Waals surface area contributed by atoms with Gasteiger partial charge in [-0.15, -0.1) is 17.3 Å². The molecule has 0 amide bonds. The van der Waals surface area contributed by atoms with Crippen molar-refractivity contribution < 1.29 is 0 Å². The number of allylic oxidation sites excluding steroid dienone is 1. The minimum absolute atomic E-state index is 0.300. The zero-order valence-corrected chi connectivity index (χ0v) is 8.20. The Bertz CT molecular complexity index is 207. The van der Waals surface area contributed by atoms with Crippen molar-refractivity contribution in [1.29, 1.82) is 0 Å². The molecule has 0 spiro atoms. The number of hydrogen-bond acceptors (Lipinski definition) is 0. The highest BCUT2D eigenvalue weighted by Crippen LogP contribution is 2.50. The van der Waals surface area contributed by atoms with Gasteiger partial charge in [0.05, 0.1) is 0 Å². The summed E-state index contributed by atoms with van der Waals surface area (Å²) >= 11 is 5.80. The first-order valence-corrected chi connectivity index (χ1v) is 4.63. The Morgan fingerprint density at radius 2 is 2.36 bits per heavy atom. The van der Waals surface area contributed by atoms with E-state index < -0.39 is 0 Å². The summed E-state index contributed by atoms with van der Waals surface area (Å²) < 4.78 is 0. The third kappa shape index (κ3) is 1.38. The summed E-state index contributed by atoms with van der Waals surface area (Å²) in [5.41, 5.74) is 4.99. The molecule has 0 aliphatic heterocycles. The summed E-state index contributed by atoms with van der Waals surface area (Å²) in [5, 5.41) is 0. The van der Waals surface area contributed by atoms with Crippen molar-refractivity contribution in [3.05, 3.63) is 17.4 Å². The number of alkyl halides is 1. The SMILES string of the molecule is CC=C=C1CC(CCl)C1(C)C.